The fourth-order valence-corrected chi connectivity index (χ4v) is 5.27. The average Bonchev–Trinajstić information content (AvgIpc) is 3.34. The van der Waals surface area contributed by atoms with E-state index in [2.05, 4.69) is 42.3 Å². The number of hydrogen-bond acceptors (Lipinski definition) is 5. The maximum atomic E-state index is 12.8. The first-order chi connectivity index (χ1) is 12.0. The summed E-state index contributed by atoms with van der Waals surface area (Å²) in [5.41, 5.74) is 0. The molecule has 0 radical (unpaired) electrons. The average molecular weight is 359 g/mol. The third-order valence-corrected chi connectivity index (χ3v) is 6.59. The first-order valence-electron chi connectivity index (χ1n) is 9.21. The van der Waals surface area contributed by atoms with E-state index in [1.165, 1.54) is 11.3 Å². The smallest absolute Gasteiger partial charge is 0.231 e. The van der Waals surface area contributed by atoms with Crippen molar-refractivity contribution in [3.63, 3.8) is 0 Å². The molecule has 0 spiro atoms. The largest absolute Gasteiger partial charge is 0.356 e. The van der Waals surface area contributed by atoms with Gasteiger partial charge in [0.2, 0.25) is 17.6 Å². The van der Waals surface area contributed by atoms with Crippen LogP contribution in [-0.4, -0.2) is 22.6 Å². The van der Waals surface area contributed by atoms with Gasteiger partial charge in [-0.05, 0) is 56.1 Å². The molecule has 2 fully saturated rings. The number of hydrogen-bond donors (Lipinski definition) is 1. The number of fused-ring (bicyclic) bond motifs is 2. The number of nitrogens with zero attached hydrogens (tertiary/aromatic N) is 2. The predicted molar refractivity (Wildman–Crippen MR) is 97.3 cm³/mol. The van der Waals surface area contributed by atoms with E-state index in [9.17, 15) is 4.79 Å². The second-order valence-corrected chi connectivity index (χ2v) is 9.18. The van der Waals surface area contributed by atoms with Crippen molar-refractivity contribution in [2.75, 3.05) is 6.54 Å². The zero-order valence-corrected chi connectivity index (χ0v) is 15.8. The van der Waals surface area contributed by atoms with Crippen LogP contribution in [0.1, 0.15) is 49.8 Å². The lowest BCUT2D eigenvalue weighted by atomic mass is 9.78. The van der Waals surface area contributed by atoms with Gasteiger partial charge in [-0.3, -0.25) is 4.79 Å². The number of carbonyl (C=O) groups excluding carboxylic acids is 1. The van der Waals surface area contributed by atoms with Crippen LogP contribution in [-0.2, 0) is 4.79 Å². The zero-order chi connectivity index (χ0) is 17.6. The number of carbonyl (C=O) groups is 1. The van der Waals surface area contributed by atoms with Crippen molar-refractivity contribution >= 4 is 17.2 Å². The van der Waals surface area contributed by atoms with Crippen LogP contribution < -0.4 is 5.32 Å². The Morgan fingerprint density at radius 1 is 1.36 bits per heavy atom. The van der Waals surface area contributed by atoms with E-state index in [4.69, 9.17) is 4.52 Å². The van der Waals surface area contributed by atoms with Crippen molar-refractivity contribution in [2.45, 2.75) is 46.0 Å². The lowest BCUT2D eigenvalue weighted by Crippen LogP contribution is -2.39. The van der Waals surface area contributed by atoms with Crippen LogP contribution >= 0.6 is 11.3 Å². The second-order valence-electron chi connectivity index (χ2n) is 7.89. The number of nitrogens with one attached hydrogen (secondary N) is 1. The summed E-state index contributed by atoms with van der Waals surface area (Å²) in [6.07, 6.45) is 3.42. The third kappa shape index (κ3) is 3.12. The highest BCUT2D eigenvalue weighted by Crippen LogP contribution is 2.56. The van der Waals surface area contributed by atoms with Gasteiger partial charge < -0.3 is 9.84 Å². The van der Waals surface area contributed by atoms with E-state index in [1.54, 1.807) is 11.3 Å². The Morgan fingerprint density at radius 2 is 2.16 bits per heavy atom. The SMILES string of the molecule is Cc1ccc(-c2noc([C@H]3[C@@H]4CC[C@@H](C4)[C@@H]3C(=O)NCC(C)C)n2)s1. The van der Waals surface area contributed by atoms with Gasteiger partial charge in [-0.25, -0.2) is 0 Å². The summed E-state index contributed by atoms with van der Waals surface area (Å²) >= 11 is 1.67. The van der Waals surface area contributed by atoms with E-state index in [-0.39, 0.29) is 17.7 Å². The monoisotopic (exact) mass is 359 g/mol. The summed E-state index contributed by atoms with van der Waals surface area (Å²) in [7, 11) is 0. The number of rotatable bonds is 5. The van der Waals surface area contributed by atoms with Crippen LogP contribution in [0.15, 0.2) is 16.7 Å². The fourth-order valence-electron chi connectivity index (χ4n) is 4.47. The molecule has 25 heavy (non-hydrogen) atoms. The minimum absolute atomic E-state index is 0.0177. The Bertz CT molecular complexity index is 766. The molecule has 1 amide bonds. The minimum atomic E-state index is -0.0177. The van der Waals surface area contributed by atoms with Gasteiger partial charge in [0.05, 0.1) is 16.7 Å². The predicted octanol–water partition coefficient (Wildman–Crippen LogP) is 4.01. The summed E-state index contributed by atoms with van der Waals surface area (Å²) in [5.74, 6) is 2.94. The molecule has 0 aromatic carbocycles. The molecule has 0 unspecified atom stereocenters. The maximum Gasteiger partial charge on any atom is 0.231 e. The molecule has 0 aliphatic heterocycles. The van der Waals surface area contributed by atoms with Gasteiger partial charge in [0.15, 0.2) is 0 Å². The molecular formula is C19H25N3O2S. The lowest BCUT2D eigenvalue weighted by Gasteiger charge is -2.27. The molecule has 4 atom stereocenters. The molecule has 134 valence electrons. The zero-order valence-electron chi connectivity index (χ0n) is 15.0. The van der Waals surface area contributed by atoms with E-state index >= 15 is 0 Å². The van der Waals surface area contributed by atoms with Crippen LogP contribution in [0.5, 0.6) is 0 Å². The summed E-state index contributed by atoms with van der Waals surface area (Å²) in [6, 6.07) is 4.10. The number of aromatic nitrogens is 2. The molecule has 0 saturated heterocycles. The van der Waals surface area contributed by atoms with Crippen LogP contribution in [0.4, 0.5) is 0 Å². The molecule has 5 nitrogen and oxygen atoms in total. The molecule has 2 aromatic rings. The van der Waals surface area contributed by atoms with Crippen molar-refractivity contribution in [3.8, 4) is 10.7 Å². The molecule has 2 aromatic heterocycles. The molecule has 2 bridgehead atoms. The van der Waals surface area contributed by atoms with Crippen molar-refractivity contribution in [1.82, 2.24) is 15.5 Å². The van der Waals surface area contributed by atoms with E-state index in [0.29, 0.717) is 29.5 Å². The quantitative estimate of drug-likeness (QED) is 0.876. The molecular weight excluding hydrogens is 334 g/mol. The third-order valence-electron chi connectivity index (χ3n) is 5.59. The molecule has 4 rings (SSSR count). The normalized spacial score (nSPS) is 28.0. The van der Waals surface area contributed by atoms with Crippen molar-refractivity contribution < 1.29 is 9.32 Å². The molecule has 2 aliphatic rings. The Kier molecular flexibility index (Phi) is 4.40. The Balaban J connectivity index is 1.57. The number of thiophene rings is 1. The number of amides is 1. The lowest BCUT2D eigenvalue weighted by molar-refractivity contribution is -0.127. The van der Waals surface area contributed by atoms with Gasteiger partial charge in [0, 0.05) is 11.4 Å². The Labute approximate surface area is 152 Å². The minimum Gasteiger partial charge on any atom is -0.356 e. The molecule has 2 heterocycles. The first kappa shape index (κ1) is 16.8. The van der Waals surface area contributed by atoms with Crippen LogP contribution in [0.3, 0.4) is 0 Å². The number of aryl methyl sites for hydroxylation is 1. The maximum absolute atomic E-state index is 12.8. The summed E-state index contributed by atoms with van der Waals surface area (Å²) in [5, 5.41) is 7.31. The van der Waals surface area contributed by atoms with Gasteiger partial charge in [0.1, 0.15) is 0 Å². The molecule has 2 aliphatic carbocycles. The van der Waals surface area contributed by atoms with Crippen LogP contribution in [0.25, 0.3) is 10.7 Å². The van der Waals surface area contributed by atoms with Crippen molar-refractivity contribution in [1.29, 1.82) is 0 Å². The van der Waals surface area contributed by atoms with Gasteiger partial charge in [0.25, 0.3) is 0 Å². The van der Waals surface area contributed by atoms with E-state index in [0.717, 1.165) is 24.3 Å². The highest BCUT2D eigenvalue weighted by molar-refractivity contribution is 7.15. The van der Waals surface area contributed by atoms with Crippen molar-refractivity contribution in [2.24, 2.45) is 23.7 Å². The summed E-state index contributed by atoms with van der Waals surface area (Å²) in [4.78, 5) is 19.7. The van der Waals surface area contributed by atoms with Crippen LogP contribution in [0.2, 0.25) is 0 Å². The van der Waals surface area contributed by atoms with Gasteiger partial charge in [-0.1, -0.05) is 19.0 Å². The van der Waals surface area contributed by atoms with Gasteiger partial charge in [-0.15, -0.1) is 11.3 Å². The Hall–Kier alpha value is -1.69. The molecule has 6 heteroatoms. The standard InChI is InChI=1S/C19H25N3O2S/c1-10(2)9-20-18(23)15-12-5-6-13(8-12)16(15)19-21-17(22-24-19)14-7-4-11(3)25-14/h4,7,10,12-13,15-16H,5-6,8-9H2,1-3H3,(H,20,23)/t12-,13+,15-,16-/m0/s1. The van der Waals surface area contributed by atoms with Crippen molar-refractivity contribution in [3.05, 3.63) is 22.9 Å². The van der Waals surface area contributed by atoms with E-state index in [1.807, 2.05) is 6.07 Å². The highest BCUT2D eigenvalue weighted by atomic mass is 32.1. The fraction of sp³-hybridized carbons (Fsp3) is 0.632. The molecule has 2 saturated carbocycles. The highest BCUT2D eigenvalue weighted by Gasteiger charge is 2.53. The molecule has 1 N–H and O–H groups in total. The van der Waals surface area contributed by atoms with E-state index < -0.39 is 0 Å². The Morgan fingerprint density at radius 3 is 2.88 bits per heavy atom. The summed E-state index contributed by atoms with van der Waals surface area (Å²) < 4.78 is 5.64. The van der Waals surface area contributed by atoms with Gasteiger partial charge >= 0.3 is 0 Å². The second kappa shape index (κ2) is 6.56. The first-order valence-corrected chi connectivity index (χ1v) is 10.0. The topological polar surface area (TPSA) is 68.0 Å². The summed E-state index contributed by atoms with van der Waals surface area (Å²) in [6.45, 7) is 7.03. The van der Waals surface area contributed by atoms with Crippen LogP contribution in [0, 0.1) is 30.6 Å². The van der Waals surface area contributed by atoms with Gasteiger partial charge in [-0.2, -0.15) is 4.98 Å².